The van der Waals surface area contributed by atoms with E-state index in [2.05, 4.69) is 43.5 Å². The van der Waals surface area contributed by atoms with Crippen LogP contribution in [0.2, 0.25) is 0 Å². The van der Waals surface area contributed by atoms with Crippen LogP contribution in [0.4, 0.5) is 0 Å². The standard InChI is InChI=1S/C66H127NO10/c1-3-5-7-9-11-13-15-17-19-21-23-25-26-27-28-29-30-31-32-34-35-37-39-41-43-45-47-49-51-53-58(69)61(71)57(56-76-66-64(74)63(73)62(72)60(55-68)77-66)67-65(75)59(70)54-52-50-48-46-44-42-40-38-36-33-24-22-20-18-16-14-12-10-8-6-4-2/h37,39,45,47,57-64,66,68-74H,3-36,38,40-44,46,48-56H2,1-2H3,(H,67,75)/b39-37+,47-45+. The van der Waals surface area contributed by atoms with E-state index in [0.717, 1.165) is 38.5 Å². The van der Waals surface area contributed by atoms with Gasteiger partial charge in [0.25, 0.3) is 0 Å². The average Bonchev–Trinajstić information content (AvgIpc) is 3.43. The Labute approximate surface area is 474 Å². The van der Waals surface area contributed by atoms with E-state index in [1.54, 1.807) is 0 Å². The molecule has 0 aromatic heterocycles. The summed E-state index contributed by atoms with van der Waals surface area (Å²) in [7, 11) is 0. The van der Waals surface area contributed by atoms with E-state index < -0.39 is 74.2 Å². The minimum Gasteiger partial charge on any atom is -0.394 e. The lowest BCUT2D eigenvalue weighted by molar-refractivity contribution is -0.303. The van der Waals surface area contributed by atoms with Crippen molar-refractivity contribution in [1.82, 2.24) is 5.32 Å². The van der Waals surface area contributed by atoms with Crippen molar-refractivity contribution in [1.29, 1.82) is 0 Å². The van der Waals surface area contributed by atoms with Crippen molar-refractivity contribution in [3.63, 3.8) is 0 Å². The van der Waals surface area contributed by atoms with E-state index in [-0.39, 0.29) is 12.8 Å². The predicted molar refractivity (Wildman–Crippen MR) is 321 cm³/mol. The van der Waals surface area contributed by atoms with Gasteiger partial charge in [0.2, 0.25) is 5.91 Å². The third kappa shape index (κ3) is 43.0. The van der Waals surface area contributed by atoms with Gasteiger partial charge in [-0.3, -0.25) is 4.79 Å². The van der Waals surface area contributed by atoms with E-state index in [9.17, 15) is 40.5 Å². The summed E-state index contributed by atoms with van der Waals surface area (Å²) in [6.45, 7) is 3.49. The quantitative estimate of drug-likeness (QED) is 0.0215. The van der Waals surface area contributed by atoms with Gasteiger partial charge in [0.1, 0.15) is 36.6 Å². The van der Waals surface area contributed by atoms with Crippen molar-refractivity contribution in [2.45, 2.75) is 377 Å². The van der Waals surface area contributed by atoms with Gasteiger partial charge in [0.05, 0.1) is 25.4 Å². The smallest absolute Gasteiger partial charge is 0.249 e. The van der Waals surface area contributed by atoms with Crippen molar-refractivity contribution in [3.05, 3.63) is 24.3 Å². The third-order valence-corrected chi connectivity index (χ3v) is 16.2. The monoisotopic (exact) mass is 1090 g/mol. The van der Waals surface area contributed by atoms with Gasteiger partial charge in [0, 0.05) is 0 Å². The molecular weight excluding hydrogens is 967 g/mol. The largest absolute Gasteiger partial charge is 0.394 e. The fourth-order valence-electron chi connectivity index (χ4n) is 10.9. The molecular formula is C66H127NO10. The zero-order valence-electron chi connectivity index (χ0n) is 50.2. The van der Waals surface area contributed by atoms with Gasteiger partial charge in [-0.05, 0) is 51.4 Å². The van der Waals surface area contributed by atoms with Crippen LogP contribution in [0.5, 0.6) is 0 Å². The summed E-state index contributed by atoms with van der Waals surface area (Å²) in [6, 6.07) is -1.19. The van der Waals surface area contributed by atoms with Crippen LogP contribution in [0.3, 0.4) is 0 Å². The Morgan fingerprint density at radius 3 is 1.16 bits per heavy atom. The van der Waals surface area contributed by atoms with Crippen molar-refractivity contribution in [2.75, 3.05) is 13.2 Å². The first-order chi connectivity index (χ1) is 37.7. The van der Waals surface area contributed by atoms with Gasteiger partial charge in [-0.1, -0.05) is 295 Å². The van der Waals surface area contributed by atoms with Crippen molar-refractivity contribution in [3.8, 4) is 0 Å². The van der Waals surface area contributed by atoms with Crippen LogP contribution in [-0.2, 0) is 14.3 Å². The second-order valence-electron chi connectivity index (χ2n) is 23.5. The van der Waals surface area contributed by atoms with Crippen LogP contribution in [0.1, 0.15) is 322 Å². The highest BCUT2D eigenvalue weighted by molar-refractivity contribution is 5.80. The molecule has 0 aromatic carbocycles. The first kappa shape index (κ1) is 73.6. The maximum absolute atomic E-state index is 13.2. The molecule has 1 aliphatic rings. The predicted octanol–water partition coefficient (Wildman–Crippen LogP) is 15.2. The first-order valence-corrected chi connectivity index (χ1v) is 33.2. The van der Waals surface area contributed by atoms with Gasteiger partial charge in [-0.25, -0.2) is 0 Å². The van der Waals surface area contributed by atoms with Gasteiger partial charge in [-0.15, -0.1) is 0 Å². The molecule has 1 aliphatic heterocycles. The lowest BCUT2D eigenvalue weighted by Crippen LogP contribution is -2.60. The minimum absolute atomic E-state index is 0.249. The van der Waals surface area contributed by atoms with E-state index in [1.807, 2.05) is 0 Å². The Morgan fingerprint density at radius 1 is 0.442 bits per heavy atom. The maximum atomic E-state index is 13.2. The summed E-state index contributed by atoms with van der Waals surface area (Å²) in [5, 5.41) is 76.3. The number of unbranched alkanes of at least 4 members (excludes halogenated alkanes) is 42. The Balaban J connectivity index is 2.25. The van der Waals surface area contributed by atoms with E-state index in [0.29, 0.717) is 19.3 Å². The minimum atomic E-state index is -1.67. The highest BCUT2D eigenvalue weighted by Crippen LogP contribution is 2.24. The fourth-order valence-corrected chi connectivity index (χ4v) is 10.9. The molecule has 1 fully saturated rings. The fraction of sp³-hybridized carbons (Fsp3) is 0.924. The number of nitrogens with one attached hydrogen (secondary N) is 1. The van der Waals surface area contributed by atoms with Crippen molar-refractivity contribution < 1.29 is 50.0 Å². The maximum Gasteiger partial charge on any atom is 0.249 e. The van der Waals surface area contributed by atoms with E-state index in [1.165, 1.54) is 238 Å². The lowest BCUT2D eigenvalue weighted by atomic mass is 9.98. The molecule has 456 valence electrons. The third-order valence-electron chi connectivity index (χ3n) is 16.2. The summed E-state index contributed by atoms with van der Waals surface area (Å²) in [6.07, 6.45) is 56.9. The molecule has 1 rings (SSSR count). The lowest BCUT2D eigenvalue weighted by Gasteiger charge is -2.40. The number of amides is 1. The van der Waals surface area contributed by atoms with E-state index >= 15 is 0 Å². The molecule has 0 radical (unpaired) electrons. The molecule has 9 unspecified atom stereocenters. The van der Waals surface area contributed by atoms with E-state index in [4.69, 9.17) is 9.47 Å². The number of carbonyl (C=O) groups is 1. The molecule has 0 saturated carbocycles. The summed E-state index contributed by atoms with van der Waals surface area (Å²) in [4.78, 5) is 13.2. The van der Waals surface area contributed by atoms with Crippen LogP contribution < -0.4 is 5.32 Å². The molecule has 1 saturated heterocycles. The first-order valence-electron chi connectivity index (χ1n) is 33.2. The van der Waals surface area contributed by atoms with Crippen LogP contribution in [0, 0.1) is 0 Å². The molecule has 1 heterocycles. The van der Waals surface area contributed by atoms with Gasteiger partial charge < -0.3 is 50.5 Å². The Bertz CT molecular complexity index is 1300. The molecule has 9 atom stereocenters. The Hall–Kier alpha value is -1.41. The average molecular weight is 1090 g/mol. The van der Waals surface area contributed by atoms with Crippen LogP contribution in [-0.4, -0.2) is 110 Å². The normalized spacial score (nSPS) is 19.6. The van der Waals surface area contributed by atoms with Gasteiger partial charge in [-0.2, -0.15) is 0 Å². The number of ether oxygens (including phenoxy) is 2. The topological polar surface area (TPSA) is 189 Å². The number of aliphatic hydroxyl groups excluding tert-OH is 7. The second-order valence-corrected chi connectivity index (χ2v) is 23.5. The molecule has 11 heteroatoms. The molecule has 11 nitrogen and oxygen atoms in total. The highest BCUT2D eigenvalue weighted by Gasteiger charge is 2.44. The van der Waals surface area contributed by atoms with Crippen molar-refractivity contribution >= 4 is 5.91 Å². The van der Waals surface area contributed by atoms with Gasteiger partial charge in [0.15, 0.2) is 6.29 Å². The number of hydrogen-bond donors (Lipinski definition) is 8. The Kier molecular flexibility index (Phi) is 52.7. The molecule has 0 aromatic rings. The number of allylic oxidation sites excluding steroid dienone is 4. The van der Waals surface area contributed by atoms with Crippen LogP contribution in [0.25, 0.3) is 0 Å². The molecule has 0 spiro atoms. The summed E-state index contributed by atoms with van der Waals surface area (Å²) in [5.74, 6) is -0.704. The number of carbonyl (C=O) groups excluding carboxylic acids is 1. The van der Waals surface area contributed by atoms with Crippen molar-refractivity contribution in [2.24, 2.45) is 0 Å². The van der Waals surface area contributed by atoms with Crippen LogP contribution >= 0.6 is 0 Å². The number of aliphatic hydroxyl groups is 7. The summed E-state index contributed by atoms with van der Waals surface area (Å²) >= 11 is 0. The Morgan fingerprint density at radius 2 is 0.779 bits per heavy atom. The van der Waals surface area contributed by atoms with Crippen LogP contribution in [0.15, 0.2) is 24.3 Å². The molecule has 0 bridgehead atoms. The second kappa shape index (κ2) is 55.1. The SMILES string of the molecule is CCCCCCCCCCCCCCCCCCCCCC/C=C/CC/C=C/CCCC(O)C(O)C(COC1OC(CO)C(O)C(O)C1O)NC(=O)C(O)CCCCCCCCCCCCCCCCCCCCCCC. The summed E-state index contributed by atoms with van der Waals surface area (Å²) in [5.41, 5.74) is 0. The summed E-state index contributed by atoms with van der Waals surface area (Å²) < 4.78 is 11.2. The molecule has 1 amide bonds. The zero-order chi connectivity index (χ0) is 56.1. The van der Waals surface area contributed by atoms with Gasteiger partial charge >= 0.3 is 0 Å². The molecule has 77 heavy (non-hydrogen) atoms. The number of rotatable bonds is 58. The zero-order valence-corrected chi connectivity index (χ0v) is 50.2. The molecule has 8 N–H and O–H groups in total. The highest BCUT2D eigenvalue weighted by atomic mass is 16.7. The molecule has 0 aliphatic carbocycles. The number of hydrogen-bond acceptors (Lipinski definition) is 10.